The van der Waals surface area contributed by atoms with Crippen molar-refractivity contribution in [1.29, 1.82) is 0 Å². The summed E-state index contributed by atoms with van der Waals surface area (Å²) in [6.07, 6.45) is 4.96. The van der Waals surface area contributed by atoms with E-state index in [1.165, 1.54) is 10.5 Å². The van der Waals surface area contributed by atoms with Crippen LogP contribution in [0.5, 0.6) is 5.75 Å². The van der Waals surface area contributed by atoms with Crippen LogP contribution in [0.3, 0.4) is 0 Å². The largest absolute Gasteiger partial charge is 0.497 e. The van der Waals surface area contributed by atoms with E-state index in [0.717, 1.165) is 78.5 Å². The minimum atomic E-state index is -0.0321. The van der Waals surface area contributed by atoms with Crippen molar-refractivity contribution in [1.82, 2.24) is 4.90 Å². The lowest BCUT2D eigenvalue weighted by molar-refractivity contribution is -0.112. The Morgan fingerprint density at radius 2 is 1.76 bits per heavy atom. The van der Waals surface area contributed by atoms with E-state index in [4.69, 9.17) is 9.47 Å². The summed E-state index contributed by atoms with van der Waals surface area (Å²) in [6, 6.07) is 23.4. The number of amides is 1. The number of nitrogens with zero attached hydrogens (tertiary/aromatic N) is 1. The zero-order chi connectivity index (χ0) is 25.6. The minimum absolute atomic E-state index is 0.0321. The molecule has 1 amide bonds. The summed E-state index contributed by atoms with van der Waals surface area (Å²) in [7, 11) is 3.85. The molecule has 192 valence electrons. The third-order valence-corrected chi connectivity index (χ3v) is 8.23. The van der Waals surface area contributed by atoms with Gasteiger partial charge in [0.25, 0.3) is 5.91 Å². The maximum absolute atomic E-state index is 13.2. The van der Waals surface area contributed by atoms with Crippen LogP contribution in [0.2, 0.25) is 0 Å². The normalized spacial score (nSPS) is 16.0. The number of carbonyl (C=O) groups excluding carboxylic acids is 1. The first-order chi connectivity index (χ1) is 18.1. The van der Waals surface area contributed by atoms with Gasteiger partial charge in [0.1, 0.15) is 5.75 Å². The van der Waals surface area contributed by atoms with Crippen LogP contribution in [0.4, 0.5) is 5.69 Å². The van der Waals surface area contributed by atoms with Crippen molar-refractivity contribution < 1.29 is 14.3 Å². The highest BCUT2D eigenvalue weighted by molar-refractivity contribution is 7.99. The lowest BCUT2D eigenvalue weighted by Crippen LogP contribution is -2.36. The zero-order valence-electron chi connectivity index (χ0n) is 21.5. The van der Waals surface area contributed by atoms with Gasteiger partial charge in [-0.15, -0.1) is 11.8 Å². The maximum Gasteiger partial charge on any atom is 0.251 e. The molecule has 37 heavy (non-hydrogen) atoms. The molecule has 1 fully saturated rings. The van der Waals surface area contributed by atoms with Crippen LogP contribution in [-0.2, 0) is 16.1 Å². The Morgan fingerprint density at radius 3 is 2.49 bits per heavy atom. The number of rotatable bonds is 7. The molecule has 1 saturated heterocycles. The Labute approximate surface area is 223 Å². The molecule has 0 bridgehead atoms. The molecule has 3 aromatic carbocycles. The summed E-state index contributed by atoms with van der Waals surface area (Å²) in [5.41, 5.74) is 6.22. The molecule has 2 heterocycles. The van der Waals surface area contributed by atoms with Gasteiger partial charge in [0.05, 0.1) is 7.11 Å². The number of hydrogen-bond acceptors (Lipinski definition) is 5. The number of anilines is 1. The molecule has 0 saturated carbocycles. The van der Waals surface area contributed by atoms with E-state index in [9.17, 15) is 4.79 Å². The lowest BCUT2D eigenvalue weighted by atomic mass is 10.0. The van der Waals surface area contributed by atoms with Gasteiger partial charge in [-0.05, 0) is 91.0 Å². The van der Waals surface area contributed by atoms with E-state index in [-0.39, 0.29) is 5.91 Å². The molecule has 5 rings (SSSR count). The van der Waals surface area contributed by atoms with Crippen LogP contribution in [0.1, 0.15) is 30.4 Å². The highest BCUT2D eigenvalue weighted by Gasteiger charge is 2.19. The van der Waals surface area contributed by atoms with Crippen LogP contribution in [0.25, 0.3) is 17.2 Å². The SMILES string of the molecule is COc1ccc(-c2ccc3c(c2)C=C(C(=O)Nc2ccc(CN(C)C4CCOCC4)cc2)CCS3)cc1. The monoisotopic (exact) mass is 514 g/mol. The summed E-state index contributed by atoms with van der Waals surface area (Å²) in [5.74, 6) is 1.69. The minimum Gasteiger partial charge on any atom is -0.497 e. The number of hydrogen-bond donors (Lipinski definition) is 1. The van der Waals surface area contributed by atoms with E-state index in [1.807, 2.05) is 24.3 Å². The molecule has 6 heteroatoms. The highest BCUT2D eigenvalue weighted by atomic mass is 32.2. The number of benzene rings is 3. The van der Waals surface area contributed by atoms with Crippen molar-refractivity contribution in [3.05, 3.63) is 83.4 Å². The molecule has 0 radical (unpaired) electrons. The Morgan fingerprint density at radius 1 is 1.03 bits per heavy atom. The topological polar surface area (TPSA) is 50.8 Å². The Bertz CT molecular complexity index is 1250. The number of methoxy groups -OCH3 is 1. The van der Waals surface area contributed by atoms with Gasteiger partial charge in [-0.25, -0.2) is 0 Å². The first kappa shape index (κ1) is 25.6. The standard InChI is InChI=1S/C31H34N2O3S/c1-33(28-13-16-36-17-14-28)21-22-3-8-27(9-4-22)32-31(34)25-15-18-37-30-12-7-24(19-26(30)20-25)23-5-10-29(35-2)11-6-23/h3-12,19-20,28H,13-18,21H2,1-2H3,(H,32,34). The van der Waals surface area contributed by atoms with Crippen molar-refractivity contribution in [2.24, 2.45) is 0 Å². The molecule has 0 unspecified atom stereocenters. The quantitative estimate of drug-likeness (QED) is 0.391. The molecule has 3 aromatic rings. The average molecular weight is 515 g/mol. The fourth-order valence-electron chi connectivity index (χ4n) is 4.91. The second-order valence-electron chi connectivity index (χ2n) is 9.66. The third kappa shape index (κ3) is 6.45. The summed E-state index contributed by atoms with van der Waals surface area (Å²) in [4.78, 5) is 16.8. The third-order valence-electron chi connectivity index (χ3n) is 7.14. The summed E-state index contributed by atoms with van der Waals surface area (Å²) in [5, 5.41) is 3.11. The van der Waals surface area contributed by atoms with Crippen LogP contribution >= 0.6 is 11.8 Å². The van der Waals surface area contributed by atoms with Gasteiger partial charge in [0.2, 0.25) is 0 Å². The van der Waals surface area contributed by atoms with Crippen molar-refractivity contribution >= 4 is 29.4 Å². The Hall–Kier alpha value is -3.06. The number of carbonyl (C=O) groups is 1. The fourth-order valence-corrected chi connectivity index (χ4v) is 5.90. The van der Waals surface area contributed by atoms with Gasteiger partial charge in [-0.3, -0.25) is 9.69 Å². The van der Waals surface area contributed by atoms with E-state index in [0.29, 0.717) is 6.04 Å². The van der Waals surface area contributed by atoms with E-state index >= 15 is 0 Å². The highest BCUT2D eigenvalue weighted by Crippen LogP contribution is 2.34. The number of nitrogens with one attached hydrogen (secondary N) is 1. The van der Waals surface area contributed by atoms with Gasteiger partial charge in [0, 0.05) is 47.7 Å². The van der Waals surface area contributed by atoms with E-state index in [1.54, 1.807) is 18.9 Å². The van der Waals surface area contributed by atoms with Crippen molar-refractivity contribution in [2.75, 3.05) is 38.4 Å². The maximum atomic E-state index is 13.2. The predicted molar refractivity (Wildman–Crippen MR) is 152 cm³/mol. The second-order valence-corrected chi connectivity index (χ2v) is 10.8. The molecular formula is C31H34N2O3S. The number of fused-ring (bicyclic) bond motifs is 1. The van der Waals surface area contributed by atoms with Crippen LogP contribution in [-0.4, -0.2) is 50.0 Å². The van der Waals surface area contributed by atoms with Crippen molar-refractivity contribution in [3.8, 4) is 16.9 Å². The van der Waals surface area contributed by atoms with Gasteiger partial charge >= 0.3 is 0 Å². The van der Waals surface area contributed by atoms with Gasteiger partial charge < -0.3 is 14.8 Å². The Kier molecular flexibility index (Phi) is 8.29. The van der Waals surface area contributed by atoms with Crippen LogP contribution < -0.4 is 10.1 Å². The summed E-state index contributed by atoms with van der Waals surface area (Å²) >= 11 is 1.80. The van der Waals surface area contributed by atoms with E-state index < -0.39 is 0 Å². The molecule has 2 aliphatic heterocycles. The zero-order valence-corrected chi connectivity index (χ0v) is 22.4. The molecule has 0 spiro atoms. The van der Waals surface area contributed by atoms with E-state index in [2.05, 4.69) is 65.8 Å². The molecule has 2 aliphatic rings. The smallest absolute Gasteiger partial charge is 0.251 e. The summed E-state index contributed by atoms with van der Waals surface area (Å²) < 4.78 is 10.8. The molecule has 0 aromatic heterocycles. The molecule has 0 atom stereocenters. The molecule has 0 aliphatic carbocycles. The second kappa shape index (κ2) is 12.0. The molecule has 5 nitrogen and oxygen atoms in total. The lowest BCUT2D eigenvalue weighted by Gasteiger charge is -2.31. The average Bonchev–Trinajstić information content (AvgIpc) is 3.17. The van der Waals surface area contributed by atoms with Crippen molar-refractivity contribution in [3.63, 3.8) is 0 Å². The molecular weight excluding hydrogens is 480 g/mol. The first-order valence-corrected chi connectivity index (χ1v) is 13.9. The predicted octanol–water partition coefficient (Wildman–Crippen LogP) is 6.49. The van der Waals surface area contributed by atoms with Crippen molar-refractivity contribution in [2.45, 2.75) is 36.7 Å². The molecule has 1 N–H and O–H groups in total. The Balaban J connectivity index is 1.26. The van der Waals surface area contributed by atoms with Gasteiger partial charge in [0.15, 0.2) is 0 Å². The van der Waals surface area contributed by atoms with Gasteiger partial charge in [-0.2, -0.15) is 0 Å². The number of thioether (sulfide) groups is 1. The number of ether oxygens (including phenoxy) is 2. The van der Waals surface area contributed by atoms with Gasteiger partial charge in [-0.1, -0.05) is 30.3 Å². The van der Waals surface area contributed by atoms with Crippen LogP contribution in [0, 0.1) is 0 Å². The first-order valence-electron chi connectivity index (χ1n) is 12.9. The summed E-state index contributed by atoms with van der Waals surface area (Å²) in [6.45, 7) is 2.60. The van der Waals surface area contributed by atoms with Crippen LogP contribution in [0.15, 0.2) is 77.2 Å². The fraction of sp³-hybridized carbons (Fsp3) is 0.323.